The number of aromatic nitrogens is 5. The number of H-pyrrole nitrogens is 1. The molecular weight excluding hydrogens is 354 g/mol. The van der Waals surface area contributed by atoms with E-state index in [2.05, 4.69) is 46.5 Å². The first-order valence-electron chi connectivity index (χ1n) is 9.99. The van der Waals surface area contributed by atoms with Crippen LogP contribution in [0.15, 0.2) is 24.5 Å². The monoisotopic (exact) mass is 381 g/mol. The van der Waals surface area contributed by atoms with Gasteiger partial charge in [-0.1, -0.05) is 6.07 Å². The van der Waals surface area contributed by atoms with Crippen molar-refractivity contribution in [3.05, 3.63) is 41.7 Å². The van der Waals surface area contributed by atoms with E-state index in [-0.39, 0.29) is 11.9 Å². The third kappa shape index (κ3) is 3.85. The van der Waals surface area contributed by atoms with Crippen LogP contribution in [0.25, 0.3) is 11.0 Å². The van der Waals surface area contributed by atoms with Gasteiger partial charge in [-0.15, -0.1) is 10.2 Å². The smallest absolute Gasteiger partial charge is 0.317 e. The van der Waals surface area contributed by atoms with Crippen LogP contribution in [-0.2, 0) is 13.0 Å². The number of fused-ring (bicyclic) bond motifs is 1. The van der Waals surface area contributed by atoms with Crippen molar-refractivity contribution in [3.8, 4) is 0 Å². The SMILES string of the molecule is CCn1cnnc1CCNC(=O)N1CCCC(c2nc3ccc(C)cc3[nH]2)C1. The number of rotatable bonds is 5. The molecule has 8 nitrogen and oxygen atoms in total. The molecule has 0 radical (unpaired) electrons. The summed E-state index contributed by atoms with van der Waals surface area (Å²) in [6.45, 7) is 7.00. The lowest BCUT2D eigenvalue weighted by Crippen LogP contribution is -2.45. The molecule has 0 spiro atoms. The predicted molar refractivity (Wildman–Crippen MR) is 107 cm³/mol. The van der Waals surface area contributed by atoms with Crippen LogP contribution in [0.2, 0.25) is 0 Å². The number of carbonyl (C=O) groups is 1. The summed E-state index contributed by atoms with van der Waals surface area (Å²) < 4.78 is 1.99. The molecule has 8 heteroatoms. The fourth-order valence-corrected chi connectivity index (χ4v) is 3.85. The van der Waals surface area contributed by atoms with Gasteiger partial charge in [0.2, 0.25) is 0 Å². The van der Waals surface area contributed by atoms with Gasteiger partial charge in [-0.25, -0.2) is 9.78 Å². The van der Waals surface area contributed by atoms with E-state index in [1.165, 1.54) is 5.56 Å². The number of aryl methyl sites for hydroxylation is 2. The van der Waals surface area contributed by atoms with Crippen LogP contribution in [0, 0.1) is 6.92 Å². The third-order valence-corrected chi connectivity index (χ3v) is 5.41. The van der Waals surface area contributed by atoms with Crippen molar-refractivity contribution in [2.45, 2.75) is 45.6 Å². The molecule has 2 N–H and O–H groups in total. The molecule has 0 aliphatic carbocycles. The fraction of sp³-hybridized carbons (Fsp3) is 0.500. The van der Waals surface area contributed by atoms with Gasteiger partial charge in [0, 0.05) is 38.5 Å². The Morgan fingerprint density at radius 3 is 3.14 bits per heavy atom. The minimum atomic E-state index is -0.0146. The Labute approximate surface area is 164 Å². The largest absolute Gasteiger partial charge is 0.342 e. The van der Waals surface area contributed by atoms with Gasteiger partial charge >= 0.3 is 6.03 Å². The summed E-state index contributed by atoms with van der Waals surface area (Å²) in [5.74, 6) is 2.13. The normalized spacial score (nSPS) is 17.2. The zero-order valence-corrected chi connectivity index (χ0v) is 16.5. The van der Waals surface area contributed by atoms with Crippen molar-refractivity contribution in [2.24, 2.45) is 0 Å². The minimum Gasteiger partial charge on any atom is -0.342 e. The molecule has 1 aliphatic heterocycles. The van der Waals surface area contributed by atoms with Crippen LogP contribution in [0.4, 0.5) is 4.79 Å². The van der Waals surface area contributed by atoms with Crippen LogP contribution in [0.3, 0.4) is 0 Å². The van der Waals surface area contributed by atoms with Crippen LogP contribution in [0.5, 0.6) is 0 Å². The Hall–Kier alpha value is -2.90. The molecule has 1 aliphatic rings. The summed E-state index contributed by atoms with van der Waals surface area (Å²) >= 11 is 0. The Balaban J connectivity index is 1.35. The third-order valence-electron chi connectivity index (χ3n) is 5.41. The highest BCUT2D eigenvalue weighted by molar-refractivity contribution is 5.76. The maximum Gasteiger partial charge on any atom is 0.317 e. The molecule has 3 aromatic rings. The number of likely N-dealkylation sites (tertiary alicyclic amines) is 1. The van der Waals surface area contributed by atoms with E-state index in [1.54, 1.807) is 6.33 Å². The number of benzene rings is 1. The number of aromatic amines is 1. The van der Waals surface area contributed by atoms with Gasteiger partial charge in [0.1, 0.15) is 18.0 Å². The Morgan fingerprint density at radius 2 is 2.29 bits per heavy atom. The number of nitrogens with one attached hydrogen (secondary N) is 2. The summed E-state index contributed by atoms with van der Waals surface area (Å²) in [4.78, 5) is 22.7. The predicted octanol–water partition coefficient (Wildman–Crippen LogP) is 2.61. The molecule has 1 fully saturated rings. The number of hydrogen-bond acceptors (Lipinski definition) is 4. The molecule has 3 heterocycles. The van der Waals surface area contributed by atoms with Crippen molar-refractivity contribution in [2.75, 3.05) is 19.6 Å². The van der Waals surface area contributed by atoms with Gasteiger partial charge in [0.05, 0.1) is 11.0 Å². The van der Waals surface area contributed by atoms with Crippen molar-refractivity contribution >= 4 is 17.1 Å². The van der Waals surface area contributed by atoms with Gasteiger partial charge in [-0.2, -0.15) is 0 Å². The second kappa shape index (κ2) is 8.00. The van der Waals surface area contributed by atoms with Crippen LogP contribution in [-0.4, -0.2) is 55.3 Å². The molecule has 148 valence electrons. The molecule has 1 aromatic carbocycles. The number of imidazole rings is 1. The molecule has 4 rings (SSSR count). The van der Waals surface area contributed by atoms with Crippen LogP contribution < -0.4 is 5.32 Å². The van der Waals surface area contributed by atoms with Gasteiger partial charge < -0.3 is 19.8 Å². The van der Waals surface area contributed by atoms with E-state index < -0.39 is 0 Å². The van der Waals surface area contributed by atoms with E-state index in [9.17, 15) is 4.79 Å². The van der Waals surface area contributed by atoms with Crippen molar-refractivity contribution in [3.63, 3.8) is 0 Å². The molecule has 0 bridgehead atoms. The van der Waals surface area contributed by atoms with Crippen molar-refractivity contribution in [1.29, 1.82) is 0 Å². The number of amides is 2. The summed E-state index contributed by atoms with van der Waals surface area (Å²) in [5.41, 5.74) is 3.27. The van der Waals surface area contributed by atoms with E-state index in [0.717, 1.165) is 48.6 Å². The molecule has 0 saturated carbocycles. The molecule has 1 atom stereocenters. The molecule has 28 heavy (non-hydrogen) atoms. The number of piperidine rings is 1. The van der Waals surface area contributed by atoms with Gasteiger partial charge in [-0.05, 0) is 44.4 Å². The Bertz CT molecular complexity index is 961. The maximum absolute atomic E-state index is 12.6. The van der Waals surface area contributed by atoms with E-state index >= 15 is 0 Å². The number of hydrogen-bond donors (Lipinski definition) is 2. The first-order valence-corrected chi connectivity index (χ1v) is 9.99. The van der Waals surface area contributed by atoms with Crippen molar-refractivity contribution in [1.82, 2.24) is 34.9 Å². The Morgan fingerprint density at radius 1 is 1.39 bits per heavy atom. The van der Waals surface area contributed by atoms with Crippen LogP contribution in [0.1, 0.15) is 42.9 Å². The molecule has 2 aromatic heterocycles. The zero-order chi connectivity index (χ0) is 19.5. The zero-order valence-electron chi connectivity index (χ0n) is 16.5. The lowest BCUT2D eigenvalue weighted by Gasteiger charge is -2.31. The highest BCUT2D eigenvalue weighted by atomic mass is 16.2. The standard InChI is InChI=1S/C20H27N7O/c1-3-26-13-22-25-18(26)8-9-21-20(28)27-10-4-5-15(12-27)19-23-16-7-6-14(2)11-17(16)24-19/h6-7,11,13,15H,3-5,8-10,12H2,1-2H3,(H,21,28)(H,23,24). The lowest BCUT2D eigenvalue weighted by atomic mass is 9.97. The van der Waals surface area contributed by atoms with Crippen molar-refractivity contribution < 1.29 is 4.79 Å². The molecule has 1 unspecified atom stereocenters. The average molecular weight is 381 g/mol. The highest BCUT2D eigenvalue weighted by Gasteiger charge is 2.26. The summed E-state index contributed by atoms with van der Waals surface area (Å²) in [6.07, 6.45) is 4.43. The quantitative estimate of drug-likeness (QED) is 0.711. The van der Waals surface area contributed by atoms with Crippen LogP contribution >= 0.6 is 0 Å². The number of carbonyl (C=O) groups excluding carboxylic acids is 1. The number of urea groups is 1. The van der Waals surface area contributed by atoms with E-state index in [1.807, 2.05) is 15.5 Å². The summed E-state index contributed by atoms with van der Waals surface area (Å²) in [6, 6.07) is 6.23. The average Bonchev–Trinajstić information content (AvgIpc) is 3.34. The minimum absolute atomic E-state index is 0.0146. The molecular formula is C20H27N7O. The first-order chi connectivity index (χ1) is 13.6. The molecule has 2 amide bonds. The molecule has 1 saturated heterocycles. The maximum atomic E-state index is 12.6. The summed E-state index contributed by atoms with van der Waals surface area (Å²) in [7, 11) is 0. The lowest BCUT2D eigenvalue weighted by molar-refractivity contribution is 0.178. The second-order valence-corrected chi connectivity index (χ2v) is 7.44. The topological polar surface area (TPSA) is 91.7 Å². The van der Waals surface area contributed by atoms with E-state index in [4.69, 9.17) is 4.98 Å². The van der Waals surface area contributed by atoms with Gasteiger partial charge in [0.25, 0.3) is 0 Å². The van der Waals surface area contributed by atoms with Gasteiger partial charge in [-0.3, -0.25) is 0 Å². The second-order valence-electron chi connectivity index (χ2n) is 7.44. The highest BCUT2D eigenvalue weighted by Crippen LogP contribution is 2.27. The van der Waals surface area contributed by atoms with Gasteiger partial charge in [0.15, 0.2) is 0 Å². The fourth-order valence-electron chi connectivity index (χ4n) is 3.85. The first kappa shape index (κ1) is 18.5. The Kier molecular flexibility index (Phi) is 5.27. The summed E-state index contributed by atoms with van der Waals surface area (Å²) in [5, 5.41) is 11.1. The number of nitrogens with zero attached hydrogens (tertiary/aromatic N) is 5. The van der Waals surface area contributed by atoms with E-state index in [0.29, 0.717) is 19.5 Å².